The fourth-order valence-electron chi connectivity index (χ4n) is 1.92. The minimum Gasteiger partial charge on any atom is -0.383 e. The average Bonchev–Trinajstić information content (AvgIpc) is 2.49. The first-order chi connectivity index (χ1) is 10.1. The van der Waals surface area contributed by atoms with Gasteiger partial charge >= 0.3 is 0 Å². The zero-order valence-electron chi connectivity index (χ0n) is 12.1. The molecule has 0 saturated carbocycles. The van der Waals surface area contributed by atoms with Gasteiger partial charge in [0.05, 0.1) is 25.0 Å². The summed E-state index contributed by atoms with van der Waals surface area (Å²) < 4.78 is 6.83. The predicted molar refractivity (Wildman–Crippen MR) is 86.6 cm³/mol. The molecule has 0 saturated heterocycles. The fourth-order valence-corrected chi connectivity index (χ4v) is 2.37. The van der Waals surface area contributed by atoms with Gasteiger partial charge in [-0.25, -0.2) is 4.68 Å². The van der Waals surface area contributed by atoms with Crippen molar-refractivity contribution in [2.24, 2.45) is 0 Å². The van der Waals surface area contributed by atoms with E-state index in [-0.39, 0.29) is 5.56 Å². The lowest BCUT2D eigenvalue weighted by Crippen LogP contribution is -2.26. The number of nitrogens with one attached hydrogen (secondary N) is 1. The van der Waals surface area contributed by atoms with Gasteiger partial charge in [0, 0.05) is 13.7 Å². The highest BCUT2D eigenvalue weighted by Gasteiger charge is 2.08. The Balaban J connectivity index is 2.13. The van der Waals surface area contributed by atoms with Crippen molar-refractivity contribution in [1.29, 1.82) is 0 Å². The van der Waals surface area contributed by atoms with Crippen molar-refractivity contribution < 1.29 is 4.74 Å². The van der Waals surface area contributed by atoms with Gasteiger partial charge in [-0.2, -0.15) is 5.10 Å². The van der Waals surface area contributed by atoms with Crippen molar-refractivity contribution in [2.45, 2.75) is 20.0 Å². The van der Waals surface area contributed by atoms with Crippen LogP contribution < -0.4 is 10.9 Å². The molecular formula is C15H18BrN3O2. The molecule has 0 unspecified atom stereocenters. The topological polar surface area (TPSA) is 56.1 Å². The molecule has 0 atom stereocenters. The SMILES string of the molecule is COCCn1ncc(NCc2ccccc2C)c(Br)c1=O. The Bertz CT molecular complexity index is 670. The second kappa shape index (κ2) is 7.38. The molecule has 1 N–H and O–H groups in total. The maximum Gasteiger partial charge on any atom is 0.283 e. The molecule has 1 heterocycles. The van der Waals surface area contributed by atoms with Gasteiger partial charge in [0.2, 0.25) is 0 Å². The first-order valence-electron chi connectivity index (χ1n) is 6.66. The summed E-state index contributed by atoms with van der Waals surface area (Å²) >= 11 is 3.34. The first-order valence-corrected chi connectivity index (χ1v) is 7.45. The third-order valence-corrected chi connectivity index (χ3v) is 3.99. The van der Waals surface area contributed by atoms with Crippen LogP contribution in [0, 0.1) is 6.92 Å². The van der Waals surface area contributed by atoms with E-state index in [1.165, 1.54) is 15.8 Å². The van der Waals surface area contributed by atoms with Crippen LogP contribution in [0.3, 0.4) is 0 Å². The van der Waals surface area contributed by atoms with Crippen LogP contribution in [0.25, 0.3) is 0 Å². The van der Waals surface area contributed by atoms with Gasteiger partial charge in [-0.15, -0.1) is 0 Å². The molecule has 0 amide bonds. The average molecular weight is 352 g/mol. The van der Waals surface area contributed by atoms with Crippen molar-refractivity contribution in [3.05, 3.63) is 56.4 Å². The Hall–Kier alpha value is -1.66. The molecule has 0 aliphatic carbocycles. The molecule has 0 aliphatic heterocycles. The molecule has 112 valence electrons. The molecule has 0 aliphatic rings. The van der Waals surface area contributed by atoms with E-state index in [4.69, 9.17) is 4.74 Å². The summed E-state index contributed by atoms with van der Waals surface area (Å²) in [6.45, 7) is 3.60. The summed E-state index contributed by atoms with van der Waals surface area (Å²) in [6.07, 6.45) is 1.65. The predicted octanol–water partition coefficient (Wildman–Crippen LogP) is 2.57. The van der Waals surface area contributed by atoms with Crippen molar-refractivity contribution in [3.63, 3.8) is 0 Å². The van der Waals surface area contributed by atoms with Crippen molar-refractivity contribution in [1.82, 2.24) is 9.78 Å². The molecule has 21 heavy (non-hydrogen) atoms. The molecule has 2 aromatic rings. The van der Waals surface area contributed by atoms with E-state index in [1.54, 1.807) is 13.3 Å². The van der Waals surface area contributed by atoms with Gasteiger partial charge in [0.25, 0.3) is 5.56 Å². The molecule has 0 fully saturated rings. The molecule has 1 aromatic heterocycles. The van der Waals surface area contributed by atoms with Crippen LogP contribution in [0.4, 0.5) is 5.69 Å². The standard InChI is InChI=1S/C15H18BrN3O2/c1-11-5-3-4-6-12(11)9-17-13-10-18-19(7-8-21-2)15(20)14(13)16/h3-6,10,17H,7-9H2,1-2H3. The highest BCUT2D eigenvalue weighted by atomic mass is 79.9. The van der Waals surface area contributed by atoms with Crippen LogP contribution in [0.15, 0.2) is 39.7 Å². The van der Waals surface area contributed by atoms with Crippen LogP contribution in [0.5, 0.6) is 0 Å². The summed E-state index contributed by atoms with van der Waals surface area (Å²) in [7, 11) is 1.60. The summed E-state index contributed by atoms with van der Waals surface area (Å²) in [6, 6.07) is 8.13. The van der Waals surface area contributed by atoms with E-state index in [0.29, 0.717) is 29.9 Å². The lowest BCUT2D eigenvalue weighted by Gasteiger charge is -2.11. The van der Waals surface area contributed by atoms with E-state index in [1.807, 2.05) is 12.1 Å². The molecule has 2 rings (SSSR count). The van der Waals surface area contributed by atoms with E-state index in [0.717, 1.165) is 0 Å². The van der Waals surface area contributed by atoms with Gasteiger partial charge in [0.15, 0.2) is 0 Å². The molecule has 6 heteroatoms. The second-order valence-corrected chi connectivity index (χ2v) is 5.47. The number of benzene rings is 1. The van der Waals surface area contributed by atoms with E-state index in [2.05, 4.69) is 45.4 Å². The maximum atomic E-state index is 12.1. The number of ether oxygens (including phenoxy) is 1. The number of hydrogen-bond donors (Lipinski definition) is 1. The van der Waals surface area contributed by atoms with Crippen molar-refractivity contribution >= 4 is 21.6 Å². The minimum atomic E-state index is -0.165. The van der Waals surface area contributed by atoms with Gasteiger partial charge in [-0.3, -0.25) is 4.79 Å². The normalized spacial score (nSPS) is 10.6. The summed E-state index contributed by atoms with van der Waals surface area (Å²) in [5.41, 5.74) is 2.93. The molecule has 5 nitrogen and oxygen atoms in total. The lowest BCUT2D eigenvalue weighted by atomic mass is 10.1. The quantitative estimate of drug-likeness (QED) is 0.868. The highest BCUT2D eigenvalue weighted by molar-refractivity contribution is 9.10. The number of aryl methyl sites for hydroxylation is 1. The number of nitrogens with zero attached hydrogens (tertiary/aromatic N) is 2. The second-order valence-electron chi connectivity index (χ2n) is 4.67. The van der Waals surface area contributed by atoms with Crippen molar-refractivity contribution in [2.75, 3.05) is 19.0 Å². The Morgan fingerprint density at radius 1 is 1.38 bits per heavy atom. The molecule has 0 bridgehead atoms. The van der Waals surface area contributed by atoms with Gasteiger partial charge in [-0.05, 0) is 34.0 Å². The largest absolute Gasteiger partial charge is 0.383 e. The Kier molecular flexibility index (Phi) is 5.52. The monoisotopic (exact) mass is 351 g/mol. The summed E-state index contributed by atoms with van der Waals surface area (Å²) in [5, 5.41) is 7.38. The lowest BCUT2D eigenvalue weighted by molar-refractivity contribution is 0.181. The molecular weight excluding hydrogens is 334 g/mol. The maximum absolute atomic E-state index is 12.1. The number of hydrogen-bond acceptors (Lipinski definition) is 4. The number of rotatable bonds is 6. The Morgan fingerprint density at radius 2 is 2.14 bits per heavy atom. The zero-order chi connectivity index (χ0) is 15.2. The first kappa shape index (κ1) is 15.7. The zero-order valence-corrected chi connectivity index (χ0v) is 13.7. The van der Waals surface area contributed by atoms with Crippen LogP contribution in [0.2, 0.25) is 0 Å². The molecule has 0 spiro atoms. The number of halogens is 1. The third kappa shape index (κ3) is 3.92. The number of anilines is 1. The van der Waals surface area contributed by atoms with Gasteiger partial charge in [-0.1, -0.05) is 24.3 Å². The molecule has 0 radical (unpaired) electrons. The van der Waals surface area contributed by atoms with Crippen LogP contribution in [-0.4, -0.2) is 23.5 Å². The van der Waals surface area contributed by atoms with Gasteiger partial charge < -0.3 is 10.1 Å². The Labute approximate surface area is 132 Å². The van der Waals surface area contributed by atoms with Gasteiger partial charge in [0.1, 0.15) is 4.47 Å². The van der Waals surface area contributed by atoms with E-state index in [9.17, 15) is 4.79 Å². The van der Waals surface area contributed by atoms with Crippen LogP contribution in [0.1, 0.15) is 11.1 Å². The van der Waals surface area contributed by atoms with Crippen LogP contribution in [-0.2, 0) is 17.8 Å². The third-order valence-electron chi connectivity index (χ3n) is 3.22. The molecule has 1 aromatic carbocycles. The highest BCUT2D eigenvalue weighted by Crippen LogP contribution is 2.18. The Morgan fingerprint density at radius 3 is 2.86 bits per heavy atom. The summed E-state index contributed by atoms with van der Waals surface area (Å²) in [4.78, 5) is 12.1. The van der Waals surface area contributed by atoms with E-state index >= 15 is 0 Å². The fraction of sp³-hybridized carbons (Fsp3) is 0.333. The number of aromatic nitrogens is 2. The number of methoxy groups -OCH3 is 1. The minimum absolute atomic E-state index is 0.165. The smallest absolute Gasteiger partial charge is 0.283 e. The summed E-state index contributed by atoms with van der Waals surface area (Å²) in [5.74, 6) is 0. The van der Waals surface area contributed by atoms with E-state index < -0.39 is 0 Å². The van der Waals surface area contributed by atoms with Crippen molar-refractivity contribution in [3.8, 4) is 0 Å². The van der Waals surface area contributed by atoms with Crippen LogP contribution >= 0.6 is 15.9 Å².